The Morgan fingerprint density at radius 1 is 1.16 bits per heavy atom. The van der Waals surface area contributed by atoms with E-state index in [0.717, 1.165) is 0 Å². The normalized spacial score (nSPS) is 18.2. The van der Waals surface area contributed by atoms with Crippen LogP contribution in [0.3, 0.4) is 0 Å². The fraction of sp³-hybridized carbons (Fsp3) is 0.238. The van der Waals surface area contributed by atoms with Gasteiger partial charge in [-0.2, -0.15) is 4.57 Å². The molecule has 0 aliphatic rings. The Hall–Kier alpha value is -2.88. The minimum atomic E-state index is -2.63. The van der Waals surface area contributed by atoms with E-state index < -0.39 is 20.6 Å². The molecule has 3 aromatic heterocycles. The molecule has 0 bridgehead atoms. The summed E-state index contributed by atoms with van der Waals surface area (Å²) >= 11 is 0. The summed E-state index contributed by atoms with van der Waals surface area (Å²) in [5, 5.41) is 0. The number of pyridine rings is 1. The van der Waals surface area contributed by atoms with Crippen LogP contribution in [0.15, 0.2) is 49.1 Å². The van der Waals surface area contributed by atoms with Crippen molar-refractivity contribution in [2.75, 3.05) is 0 Å². The zero-order valence-corrected chi connectivity index (χ0v) is 13.9. The van der Waals surface area contributed by atoms with Crippen molar-refractivity contribution in [3.05, 3.63) is 65.7 Å². The second-order valence-electron chi connectivity index (χ2n) is 6.04. The highest BCUT2D eigenvalue weighted by atomic mass is 15.2. The van der Waals surface area contributed by atoms with E-state index in [2.05, 4.69) is 4.98 Å². The number of nitrogens with zero attached hydrogens (tertiary/aromatic N) is 4. The number of hydrogen-bond donors (Lipinski definition) is 0. The number of hydrogen-bond acceptors (Lipinski definition) is 1. The summed E-state index contributed by atoms with van der Waals surface area (Å²) in [7, 11) is 3.43. The van der Waals surface area contributed by atoms with Crippen LogP contribution in [0, 0.1) is 20.6 Å². The van der Waals surface area contributed by atoms with Crippen molar-refractivity contribution in [2.24, 2.45) is 14.1 Å². The molecule has 0 aliphatic carbocycles. The lowest BCUT2D eigenvalue weighted by Gasteiger charge is -2.14. The second kappa shape index (κ2) is 5.59. The van der Waals surface area contributed by atoms with Crippen LogP contribution in [0.4, 0.5) is 0 Å². The lowest BCUT2D eigenvalue weighted by molar-refractivity contribution is -0.660. The van der Waals surface area contributed by atoms with Gasteiger partial charge in [-0.1, -0.05) is 18.2 Å². The monoisotopic (exact) mass is 340 g/mol. The Labute approximate surface area is 160 Å². The summed E-state index contributed by atoms with van der Waals surface area (Å²) in [4.78, 5) is 4.31. The maximum Gasteiger partial charge on any atom is 0.238 e. The molecule has 4 aromatic rings. The van der Waals surface area contributed by atoms with Gasteiger partial charge in [0, 0.05) is 43.5 Å². The lowest BCUT2D eigenvalue weighted by Crippen LogP contribution is -2.32. The summed E-state index contributed by atoms with van der Waals surface area (Å²) < 4.78 is 77.5. The molecule has 0 radical (unpaired) electrons. The van der Waals surface area contributed by atoms with E-state index in [1.54, 1.807) is 46.2 Å². The number of fused-ring (bicyclic) bond motifs is 1. The molecule has 126 valence electrons. The lowest BCUT2D eigenvalue weighted by atomic mass is 9.93. The van der Waals surface area contributed by atoms with Gasteiger partial charge in [0.05, 0.1) is 5.56 Å². The van der Waals surface area contributed by atoms with E-state index in [4.69, 9.17) is 12.3 Å². The zero-order valence-electron chi connectivity index (χ0n) is 22.9. The first-order valence-corrected chi connectivity index (χ1v) is 7.78. The largest absolute Gasteiger partial charge is 0.308 e. The van der Waals surface area contributed by atoms with Crippen molar-refractivity contribution in [3.63, 3.8) is 0 Å². The number of aryl methyl sites for hydroxylation is 5. The summed E-state index contributed by atoms with van der Waals surface area (Å²) in [6.45, 7) is -7.76. The summed E-state index contributed by atoms with van der Waals surface area (Å²) in [6, 6.07) is 5.50. The molecule has 4 rings (SSSR count). The molecule has 0 saturated heterocycles. The van der Waals surface area contributed by atoms with Crippen molar-refractivity contribution in [3.8, 4) is 22.5 Å². The third-order valence-corrected chi connectivity index (χ3v) is 4.39. The fourth-order valence-electron chi connectivity index (χ4n) is 3.29. The third-order valence-electron chi connectivity index (χ3n) is 4.39. The highest BCUT2D eigenvalue weighted by Crippen LogP contribution is 2.34. The van der Waals surface area contributed by atoms with E-state index in [1.807, 2.05) is 0 Å². The predicted molar refractivity (Wildman–Crippen MR) is 100 cm³/mol. The second-order valence-corrected chi connectivity index (χ2v) is 6.04. The van der Waals surface area contributed by atoms with E-state index in [-0.39, 0.29) is 27.8 Å². The van der Waals surface area contributed by atoms with Crippen molar-refractivity contribution in [2.45, 2.75) is 20.6 Å². The minimum absolute atomic E-state index is 0.0157. The van der Waals surface area contributed by atoms with Crippen LogP contribution in [0.1, 0.15) is 29.0 Å². The van der Waals surface area contributed by atoms with Gasteiger partial charge < -0.3 is 4.57 Å². The Bertz CT molecular complexity index is 1360. The van der Waals surface area contributed by atoms with Gasteiger partial charge in [-0.3, -0.25) is 4.40 Å². The molecule has 3 heterocycles. The average Bonchev–Trinajstić information content (AvgIpc) is 3.28. The SMILES string of the molecule is [2H]C([2H])([2H])c1cc(-c2c(C([2H])([2H])[2H])cccc2C([2H])([2H])[2H])c(-c2cn3ccnc3n2C)[n+](C)c1. The van der Waals surface area contributed by atoms with Gasteiger partial charge in [0.25, 0.3) is 0 Å². The molecule has 1 aromatic carbocycles. The molecule has 0 unspecified atom stereocenters. The molecular formula is C21H23N4+. The molecule has 0 N–H and O–H groups in total. The predicted octanol–water partition coefficient (Wildman–Crippen LogP) is 3.76. The van der Waals surface area contributed by atoms with Gasteiger partial charge in [0.15, 0.2) is 6.20 Å². The standard InChI is InChI=1S/C21H23N4/c1-14-11-17(19-15(2)7-6-8-16(19)3)20(23(4)12-14)18-13-25-10-9-22-21(25)24(18)5/h6-13H,1-5H3/q+1/i1D3,2D3,3D3. The van der Waals surface area contributed by atoms with Gasteiger partial charge in [-0.25, -0.2) is 4.98 Å². The molecule has 0 aliphatic heterocycles. The minimum Gasteiger partial charge on any atom is -0.308 e. The zero-order chi connectivity index (χ0) is 25.2. The Balaban J connectivity index is 2.21. The molecular weight excluding hydrogens is 308 g/mol. The van der Waals surface area contributed by atoms with Gasteiger partial charge in [0.1, 0.15) is 12.7 Å². The first-order chi connectivity index (χ1) is 15.6. The van der Waals surface area contributed by atoms with Gasteiger partial charge in [-0.15, -0.1) is 0 Å². The van der Waals surface area contributed by atoms with Crippen molar-refractivity contribution in [1.29, 1.82) is 0 Å². The smallest absolute Gasteiger partial charge is 0.238 e. The van der Waals surface area contributed by atoms with E-state index in [0.29, 0.717) is 17.2 Å². The Kier molecular flexibility index (Phi) is 1.89. The molecule has 0 atom stereocenters. The summed E-state index contributed by atoms with van der Waals surface area (Å²) in [5.74, 6) is 0.612. The Morgan fingerprint density at radius 3 is 2.64 bits per heavy atom. The first kappa shape index (κ1) is 8.48. The van der Waals surface area contributed by atoms with Crippen LogP contribution >= 0.6 is 0 Å². The van der Waals surface area contributed by atoms with Gasteiger partial charge in [0.2, 0.25) is 11.5 Å². The quantitative estimate of drug-likeness (QED) is 0.510. The third kappa shape index (κ3) is 2.37. The number of rotatable bonds is 2. The molecule has 25 heavy (non-hydrogen) atoms. The number of aromatic nitrogens is 4. The van der Waals surface area contributed by atoms with Crippen LogP contribution in [-0.4, -0.2) is 14.0 Å². The van der Waals surface area contributed by atoms with Crippen LogP contribution in [0.5, 0.6) is 0 Å². The molecule has 0 amide bonds. The number of benzene rings is 1. The highest BCUT2D eigenvalue weighted by molar-refractivity contribution is 5.82. The number of imidazole rings is 2. The molecule has 4 nitrogen and oxygen atoms in total. The maximum absolute atomic E-state index is 8.09. The van der Waals surface area contributed by atoms with Crippen molar-refractivity contribution >= 4 is 5.78 Å². The van der Waals surface area contributed by atoms with Crippen LogP contribution in [-0.2, 0) is 14.1 Å². The van der Waals surface area contributed by atoms with Gasteiger partial charge in [-0.05, 0) is 43.3 Å². The maximum atomic E-state index is 8.09. The van der Waals surface area contributed by atoms with Crippen LogP contribution in [0.2, 0.25) is 0 Å². The summed E-state index contributed by atoms with van der Waals surface area (Å²) in [5.41, 5.74) is 0.895. The van der Waals surface area contributed by atoms with E-state index >= 15 is 0 Å². The first-order valence-electron chi connectivity index (χ1n) is 12.3. The van der Waals surface area contributed by atoms with Crippen molar-refractivity contribution < 1.29 is 16.9 Å². The molecule has 0 spiro atoms. The topological polar surface area (TPSA) is 26.1 Å². The highest BCUT2D eigenvalue weighted by Gasteiger charge is 2.24. The molecule has 4 heteroatoms. The van der Waals surface area contributed by atoms with E-state index in [1.165, 1.54) is 30.5 Å². The average molecular weight is 340 g/mol. The van der Waals surface area contributed by atoms with Crippen LogP contribution in [0.25, 0.3) is 28.3 Å². The molecule has 0 saturated carbocycles. The fourth-order valence-corrected chi connectivity index (χ4v) is 3.29. The summed E-state index contributed by atoms with van der Waals surface area (Å²) in [6.07, 6.45) is 6.62. The van der Waals surface area contributed by atoms with Crippen molar-refractivity contribution in [1.82, 2.24) is 14.0 Å². The molecule has 0 fully saturated rings. The van der Waals surface area contributed by atoms with Crippen LogP contribution < -0.4 is 4.57 Å². The van der Waals surface area contributed by atoms with E-state index in [9.17, 15) is 0 Å². The van der Waals surface area contributed by atoms with Gasteiger partial charge >= 0.3 is 0 Å². The Morgan fingerprint density at radius 2 is 1.96 bits per heavy atom.